The maximum absolute atomic E-state index is 5.65. The van der Waals surface area contributed by atoms with Crippen LogP contribution in [0.15, 0.2) is 16.7 Å². The molecule has 0 aromatic carbocycles. The number of hydrogen-bond acceptors (Lipinski definition) is 5. The third-order valence-corrected chi connectivity index (χ3v) is 2.86. The lowest BCUT2D eigenvalue weighted by atomic mass is 10.0. The van der Waals surface area contributed by atoms with Gasteiger partial charge in [0.1, 0.15) is 5.52 Å². The molecule has 0 atom stereocenters. The number of oxazole rings is 1. The Morgan fingerprint density at radius 3 is 2.94 bits per heavy atom. The Labute approximate surface area is 92.6 Å². The zero-order chi connectivity index (χ0) is 11.0. The summed E-state index contributed by atoms with van der Waals surface area (Å²) in [6.07, 6.45) is 3.51. The van der Waals surface area contributed by atoms with E-state index < -0.39 is 0 Å². The van der Waals surface area contributed by atoms with Crippen LogP contribution in [-0.2, 0) is 4.74 Å². The second kappa shape index (κ2) is 3.75. The molecule has 0 radical (unpaired) electrons. The summed E-state index contributed by atoms with van der Waals surface area (Å²) in [6.45, 7) is 1.55. The lowest BCUT2D eigenvalue weighted by Gasteiger charge is -2.18. The number of hydrogen-bond donors (Lipinski definition) is 1. The van der Waals surface area contributed by atoms with Crippen LogP contribution in [0.2, 0.25) is 0 Å². The fraction of sp³-hybridized carbons (Fsp3) is 0.455. The summed E-state index contributed by atoms with van der Waals surface area (Å²) in [7, 11) is 0. The van der Waals surface area contributed by atoms with Crippen molar-refractivity contribution in [1.29, 1.82) is 0 Å². The number of aromatic nitrogens is 2. The van der Waals surface area contributed by atoms with Crippen LogP contribution in [-0.4, -0.2) is 23.2 Å². The van der Waals surface area contributed by atoms with Crippen molar-refractivity contribution in [2.24, 2.45) is 0 Å². The molecule has 16 heavy (non-hydrogen) atoms. The molecule has 2 aromatic heterocycles. The van der Waals surface area contributed by atoms with E-state index >= 15 is 0 Å². The van der Waals surface area contributed by atoms with Crippen LogP contribution < -0.4 is 5.73 Å². The average Bonchev–Trinajstić information content (AvgIpc) is 2.73. The van der Waals surface area contributed by atoms with Crippen molar-refractivity contribution in [2.45, 2.75) is 18.8 Å². The Balaban J connectivity index is 1.97. The summed E-state index contributed by atoms with van der Waals surface area (Å²) in [6, 6.07) is 1.79. The number of nitrogens with zero attached hydrogens (tertiary/aromatic N) is 2. The van der Waals surface area contributed by atoms with E-state index in [-0.39, 0.29) is 0 Å². The second-order valence-corrected chi connectivity index (χ2v) is 4.03. The maximum Gasteiger partial charge on any atom is 0.247 e. The zero-order valence-corrected chi connectivity index (χ0v) is 8.85. The van der Waals surface area contributed by atoms with Crippen molar-refractivity contribution < 1.29 is 9.15 Å². The summed E-state index contributed by atoms with van der Waals surface area (Å²) < 4.78 is 10.9. The number of nitrogens with two attached hydrogens (primary N) is 1. The normalized spacial score (nSPS) is 18.0. The Bertz CT molecular complexity index is 503. The predicted octanol–water partition coefficient (Wildman–Crippen LogP) is 1.70. The maximum atomic E-state index is 5.65. The molecule has 5 nitrogen and oxygen atoms in total. The molecule has 1 saturated heterocycles. The van der Waals surface area contributed by atoms with E-state index in [2.05, 4.69) is 9.97 Å². The highest BCUT2D eigenvalue weighted by Gasteiger charge is 2.21. The molecule has 1 aliphatic heterocycles. The molecule has 2 aromatic rings. The second-order valence-electron chi connectivity index (χ2n) is 4.03. The quantitative estimate of drug-likeness (QED) is 0.790. The first kappa shape index (κ1) is 9.59. The van der Waals surface area contributed by atoms with Crippen LogP contribution in [0.1, 0.15) is 24.7 Å². The van der Waals surface area contributed by atoms with Crippen molar-refractivity contribution in [2.75, 3.05) is 18.9 Å². The van der Waals surface area contributed by atoms with Gasteiger partial charge in [0.25, 0.3) is 0 Å². The standard InChI is InChI=1S/C11H13N3O2/c12-8-5-9-11(13-6-8)16-10(14-9)7-1-3-15-4-2-7/h5-7H,1-4,12H2. The molecule has 2 N–H and O–H groups in total. The smallest absolute Gasteiger partial charge is 0.247 e. The number of pyridine rings is 1. The van der Waals surface area contributed by atoms with Crippen molar-refractivity contribution >= 4 is 16.9 Å². The van der Waals surface area contributed by atoms with Crippen LogP contribution in [0.5, 0.6) is 0 Å². The monoisotopic (exact) mass is 219 g/mol. The number of anilines is 1. The van der Waals surface area contributed by atoms with E-state index in [1.54, 1.807) is 12.3 Å². The lowest BCUT2D eigenvalue weighted by molar-refractivity contribution is 0.0798. The van der Waals surface area contributed by atoms with E-state index in [1.807, 2.05) is 0 Å². The zero-order valence-electron chi connectivity index (χ0n) is 8.85. The van der Waals surface area contributed by atoms with Gasteiger partial charge in [-0.2, -0.15) is 0 Å². The van der Waals surface area contributed by atoms with E-state index in [4.69, 9.17) is 14.9 Å². The van der Waals surface area contributed by atoms with Gasteiger partial charge in [0.2, 0.25) is 11.6 Å². The SMILES string of the molecule is Nc1cnc2oc(C3CCOCC3)nc2c1. The molecule has 0 aliphatic carbocycles. The molecule has 0 bridgehead atoms. The molecule has 0 spiro atoms. The number of fused-ring (bicyclic) bond motifs is 1. The predicted molar refractivity (Wildman–Crippen MR) is 59.0 cm³/mol. The van der Waals surface area contributed by atoms with Crippen LogP contribution in [0.3, 0.4) is 0 Å². The van der Waals surface area contributed by atoms with Gasteiger partial charge in [0.05, 0.1) is 11.9 Å². The van der Waals surface area contributed by atoms with Crippen molar-refractivity contribution in [3.63, 3.8) is 0 Å². The largest absolute Gasteiger partial charge is 0.422 e. The lowest BCUT2D eigenvalue weighted by Crippen LogP contribution is -2.14. The van der Waals surface area contributed by atoms with Crippen molar-refractivity contribution in [1.82, 2.24) is 9.97 Å². The Kier molecular flexibility index (Phi) is 2.25. The molecule has 0 saturated carbocycles. The fourth-order valence-electron chi connectivity index (χ4n) is 1.97. The van der Waals surface area contributed by atoms with Gasteiger partial charge in [-0.25, -0.2) is 9.97 Å². The minimum Gasteiger partial charge on any atom is -0.422 e. The highest BCUT2D eigenvalue weighted by atomic mass is 16.5. The molecule has 1 fully saturated rings. The van der Waals surface area contributed by atoms with E-state index in [0.717, 1.165) is 37.5 Å². The van der Waals surface area contributed by atoms with E-state index in [1.165, 1.54) is 0 Å². The molecule has 3 rings (SSSR count). The van der Waals surface area contributed by atoms with Crippen LogP contribution in [0.25, 0.3) is 11.2 Å². The summed E-state index contributed by atoms with van der Waals surface area (Å²) in [4.78, 5) is 8.54. The average molecular weight is 219 g/mol. The molecule has 0 unspecified atom stereocenters. The summed E-state index contributed by atoms with van der Waals surface area (Å²) in [5.74, 6) is 1.11. The van der Waals surface area contributed by atoms with E-state index in [9.17, 15) is 0 Å². The van der Waals surface area contributed by atoms with Crippen LogP contribution >= 0.6 is 0 Å². The molecular formula is C11H13N3O2. The molecule has 5 heteroatoms. The van der Waals surface area contributed by atoms with Crippen molar-refractivity contribution in [3.8, 4) is 0 Å². The first-order chi connectivity index (χ1) is 7.83. The van der Waals surface area contributed by atoms with Gasteiger partial charge < -0.3 is 14.9 Å². The Hall–Kier alpha value is -1.62. The number of nitrogen functional groups attached to an aromatic ring is 1. The summed E-state index contributed by atoms with van der Waals surface area (Å²) in [5, 5.41) is 0. The van der Waals surface area contributed by atoms with Gasteiger partial charge in [0, 0.05) is 19.1 Å². The summed E-state index contributed by atoms with van der Waals surface area (Å²) in [5.41, 5.74) is 7.56. The highest BCUT2D eigenvalue weighted by Crippen LogP contribution is 2.28. The first-order valence-electron chi connectivity index (χ1n) is 5.42. The van der Waals surface area contributed by atoms with Gasteiger partial charge in [-0.05, 0) is 18.9 Å². The number of ether oxygens (including phenoxy) is 1. The topological polar surface area (TPSA) is 74.2 Å². The third-order valence-electron chi connectivity index (χ3n) is 2.86. The van der Waals surface area contributed by atoms with Crippen LogP contribution in [0.4, 0.5) is 5.69 Å². The fourth-order valence-corrected chi connectivity index (χ4v) is 1.97. The minimum atomic E-state index is 0.351. The minimum absolute atomic E-state index is 0.351. The summed E-state index contributed by atoms with van der Waals surface area (Å²) >= 11 is 0. The van der Waals surface area contributed by atoms with Crippen LogP contribution in [0, 0.1) is 0 Å². The Morgan fingerprint density at radius 1 is 1.31 bits per heavy atom. The Morgan fingerprint density at radius 2 is 2.12 bits per heavy atom. The third kappa shape index (κ3) is 1.63. The highest BCUT2D eigenvalue weighted by molar-refractivity contribution is 5.71. The molecule has 0 amide bonds. The van der Waals surface area contributed by atoms with Gasteiger partial charge in [0.15, 0.2) is 0 Å². The first-order valence-corrected chi connectivity index (χ1v) is 5.42. The molecule has 1 aliphatic rings. The van der Waals surface area contributed by atoms with Gasteiger partial charge >= 0.3 is 0 Å². The van der Waals surface area contributed by atoms with Crippen molar-refractivity contribution in [3.05, 3.63) is 18.2 Å². The van der Waals surface area contributed by atoms with Gasteiger partial charge in [-0.1, -0.05) is 0 Å². The molecule has 3 heterocycles. The number of rotatable bonds is 1. The van der Waals surface area contributed by atoms with Gasteiger partial charge in [-0.3, -0.25) is 0 Å². The van der Waals surface area contributed by atoms with E-state index in [0.29, 0.717) is 17.3 Å². The molecule has 84 valence electrons. The molecular weight excluding hydrogens is 206 g/mol. The van der Waals surface area contributed by atoms with Gasteiger partial charge in [-0.15, -0.1) is 0 Å².